The van der Waals surface area contributed by atoms with Gasteiger partial charge in [0.2, 0.25) is 0 Å². The van der Waals surface area contributed by atoms with Gasteiger partial charge in [-0.05, 0) is 38.5 Å². The van der Waals surface area contributed by atoms with Gasteiger partial charge in [-0.15, -0.1) is 0 Å². The van der Waals surface area contributed by atoms with Gasteiger partial charge in [0.1, 0.15) is 17.5 Å². The van der Waals surface area contributed by atoms with Crippen LogP contribution >= 0.6 is 0 Å². The monoisotopic (exact) mass is 232 g/mol. The Labute approximate surface area is 102 Å². The predicted molar refractivity (Wildman–Crippen MR) is 69.4 cm³/mol. The quantitative estimate of drug-likeness (QED) is 0.845. The molecule has 0 unspecified atom stereocenters. The van der Waals surface area contributed by atoms with Crippen LogP contribution in [-0.2, 0) is 0 Å². The van der Waals surface area contributed by atoms with Crippen LogP contribution in [-0.4, -0.2) is 29.6 Å². The summed E-state index contributed by atoms with van der Waals surface area (Å²) >= 11 is 0. The molecular weight excluding hydrogens is 212 g/mol. The highest BCUT2D eigenvalue weighted by atomic mass is 15.2. The Balaban J connectivity index is 1.85. The van der Waals surface area contributed by atoms with Gasteiger partial charge in [0, 0.05) is 25.7 Å². The van der Waals surface area contributed by atoms with E-state index in [1.807, 2.05) is 14.0 Å². The number of aromatic nitrogens is 2. The predicted octanol–water partition coefficient (Wildman–Crippen LogP) is 2.21. The molecule has 0 spiro atoms. The van der Waals surface area contributed by atoms with Crippen molar-refractivity contribution in [1.82, 2.24) is 9.97 Å². The fraction of sp³-hybridized carbons (Fsp3) is 0.692. The Hall–Kier alpha value is -1.32. The molecule has 0 radical (unpaired) electrons. The van der Waals surface area contributed by atoms with Crippen LogP contribution in [0.4, 0.5) is 11.6 Å². The summed E-state index contributed by atoms with van der Waals surface area (Å²) in [5, 5.41) is 3.11. The number of anilines is 2. The summed E-state index contributed by atoms with van der Waals surface area (Å²) in [6, 6.07) is 2.81. The van der Waals surface area contributed by atoms with E-state index in [1.165, 1.54) is 32.2 Å². The van der Waals surface area contributed by atoms with Crippen molar-refractivity contribution in [2.75, 3.05) is 23.8 Å². The van der Waals surface area contributed by atoms with Gasteiger partial charge in [-0.3, -0.25) is 0 Å². The van der Waals surface area contributed by atoms with Crippen LogP contribution in [0, 0.1) is 12.8 Å². The van der Waals surface area contributed by atoms with Crippen molar-refractivity contribution < 1.29 is 0 Å². The van der Waals surface area contributed by atoms with Gasteiger partial charge in [-0.2, -0.15) is 0 Å². The number of hydrogen-bond donors (Lipinski definition) is 1. The van der Waals surface area contributed by atoms with Gasteiger partial charge >= 0.3 is 0 Å². The second-order valence-corrected chi connectivity index (χ2v) is 5.24. The molecule has 17 heavy (non-hydrogen) atoms. The summed E-state index contributed by atoms with van der Waals surface area (Å²) < 4.78 is 0. The minimum absolute atomic E-state index is 0.731. The Morgan fingerprint density at radius 3 is 2.65 bits per heavy atom. The van der Waals surface area contributed by atoms with E-state index in [0.29, 0.717) is 0 Å². The molecule has 92 valence electrons. The molecule has 1 aromatic rings. The average Bonchev–Trinajstić information content (AvgIpc) is 3.16. The molecular formula is C13H20N4. The normalized spacial score (nSPS) is 19.2. The molecule has 2 aliphatic carbocycles. The molecule has 2 fully saturated rings. The lowest BCUT2D eigenvalue weighted by molar-refractivity contribution is 0.706. The number of nitrogens with zero attached hydrogens (tertiary/aromatic N) is 3. The first kappa shape index (κ1) is 10.8. The summed E-state index contributed by atoms with van der Waals surface area (Å²) in [5.74, 6) is 3.79. The maximum absolute atomic E-state index is 4.60. The van der Waals surface area contributed by atoms with Crippen molar-refractivity contribution >= 4 is 11.6 Å². The number of aryl methyl sites for hydroxylation is 1. The molecule has 1 aromatic heterocycles. The Morgan fingerprint density at radius 2 is 2.06 bits per heavy atom. The number of hydrogen-bond acceptors (Lipinski definition) is 4. The zero-order valence-electron chi connectivity index (χ0n) is 10.6. The summed E-state index contributed by atoms with van der Waals surface area (Å²) in [6.45, 7) is 3.15. The Bertz CT molecular complexity index is 410. The molecule has 0 aliphatic heterocycles. The van der Waals surface area contributed by atoms with Gasteiger partial charge in [0.15, 0.2) is 0 Å². The molecule has 0 amide bonds. The van der Waals surface area contributed by atoms with E-state index in [2.05, 4.69) is 26.3 Å². The van der Waals surface area contributed by atoms with Gasteiger partial charge < -0.3 is 10.2 Å². The molecule has 1 heterocycles. The third-order valence-corrected chi connectivity index (χ3v) is 3.51. The van der Waals surface area contributed by atoms with Crippen molar-refractivity contribution in [3.8, 4) is 0 Å². The highest BCUT2D eigenvalue weighted by molar-refractivity contribution is 5.50. The lowest BCUT2D eigenvalue weighted by Crippen LogP contribution is -2.29. The molecule has 4 heteroatoms. The third-order valence-electron chi connectivity index (χ3n) is 3.51. The van der Waals surface area contributed by atoms with Gasteiger partial charge in [0.05, 0.1) is 0 Å². The average molecular weight is 232 g/mol. The van der Waals surface area contributed by atoms with Crippen molar-refractivity contribution in [1.29, 1.82) is 0 Å². The highest BCUT2D eigenvalue weighted by Crippen LogP contribution is 2.37. The number of rotatable bonds is 5. The summed E-state index contributed by atoms with van der Waals surface area (Å²) in [4.78, 5) is 11.5. The first-order valence-corrected chi connectivity index (χ1v) is 6.56. The van der Waals surface area contributed by atoms with Crippen molar-refractivity contribution in [3.05, 3.63) is 11.9 Å². The van der Waals surface area contributed by atoms with E-state index >= 15 is 0 Å². The van der Waals surface area contributed by atoms with E-state index in [1.54, 1.807) is 0 Å². The maximum Gasteiger partial charge on any atom is 0.134 e. The van der Waals surface area contributed by atoms with Gasteiger partial charge in [-0.1, -0.05) is 0 Å². The molecule has 3 rings (SSSR count). The molecule has 4 nitrogen and oxygen atoms in total. The minimum atomic E-state index is 0.731. The third kappa shape index (κ3) is 2.51. The molecule has 2 aliphatic rings. The number of nitrogens with one attached hydrogen (secondary N) is 1. The molecule has 0 saturated heterocycles. The molecule has 0 bridgehead atoms. The first-order valence-electron chi connectivity index (χ1n) is 6.56. The van der Waals surface area contributed by atoms with Crippen molar-refractivity contribution in [2.24, 2.45) is 5.92 Å². The van der Waals surface area contributed by atoms with Crippen LogP contribution in [0.2, 0.25) is 0 Å². The fourth-order valence-corrected chi connectivity index (χ4v) is 2.22. The Kier molecular flexibility index (Phi) is 2.65. The minimum Gasteiger partial charge on any atom is -0.373 e. The van der Waals surface area contributed by atoms with Crippen molar-refractivity contribution in [2.45, 2.75) is 38.6 Å². The van der Waals surface area contributed by atoms with Crippen LogP contribution in [0.25, 0.3) is 0 Å². The van der Waals surface area contributed by atoms with E-state index in [9.17, 15) is 0 Å². The topological polar surface area (TPSA) is 41.0 Å². The molecule has 0 atom stereocenters. The smallest absolute Gasteiger partial charge is 0.134 e. The SMILES string of the molecule is CNc1cc(N(CC2CC2)C2CC2)nc(C)n1. The van der Waals surface area contributed by atoms with Gasteiger partial charge in [0.25, 0.3) is 0 Å². The van der Waals surface area contributed by atoms with Crippen LogP contribution in [0.3, 0.4) is 0 Å². The lowest BCUT2D eigenvalue weighted by Gasteiger charge is -2.24. The largest absolute Gasteiger partial charge is 0.373 e. The zero-order chi connectivity index (χ0) is 11.8. The fourth-order valence-electron chi connectivity index (χ4n) is 2.22. The summed E-state index contributed by atoms with van der Waals surface area (Å²) in [7, 11) is 1.91. The first-order chi connectivity index (χ1) is 8.26. The van der Waals surface area contributed by atoms with Crippen LogP contribution in [0.5, 0.6) is 0 Å². The summed E-state index contributed by atoms with van der Waals surface area (Å²) in [5.41, 5.74) is 0. The second-order valence-electron chi connectivity index (χ2n) is 5.24. The maximum atomic E-state index is 4.60. The van der Waals surface area contributed by atoms with Crippen LogP contribution < -0.4 is 10.2 Å². The van der Waals surface area contributed by atoms with E-state index in [0.717, 1.165) is 29.4 Å². The van der Waals surface area contributed by atoms with Crippen LogP contribution in [0.1, 0.15) is 31.5 Å². The Morgan fingerprint density at radius 1 is 1.29 bits per heavy atom. The molecule has 0 aromatic carbocycles. The molecule has 2 saturated carbocycles. The lowest BCUT2D eigenvalue weighted by atomic mass is 10.3. The van der Waals surface area contributed by atoms with Crippen LogP contribution in [0.15, 0.2) is 6.07 Å². The second kappa shape index (κ2) is 4.17. The zero-order valence-corrected chi connectivity index (χ0v) is 10.6. The van der Waals surface area contributed by atoms with E-state index < -0.39 is 0 Å². The highest BCUT2D eigenvalue weighted by Gasteiger charge is 2.34. The van der Waals surface area contributed by atoms with Gasteiger partial charge in [-0.25, -0.2) is 9.97 Å². The van der Waals surface area contributed by atoms with E-state index in [-0.39, 0.29) is 0 Å². The summed E-state index contributed by atoms with van der Waals surface area (Å²) in [6.07, 6.45) is 5.44. The molecule has 1 N–H and O–H groups in total. The van der Waals surface area contributed by atoms with E-state index in [4.69, 9.17) is 0 Å². The standard InChI is InChI=1S/C13H20N4/c1-9-15-12(14-2)7-13(16-9)17(11-5-6-11)8-10-3-4-10/h7,10-11H,3-6,8H2,1-2H3,(H,14,15,16). The van der Waals surface area contributed by atoms with Crippen molar-refractivity contribution in [3.63, 3.8) is 0 Å².